The molecular formula is C17H15N3OS. The summed E-state index contributed by atoms with van der Waals surface area (Å²) in [5.74, 6) is 0.404. The van der Waals surface area contributed by atoms with E-state index >= 15 is 0 Å². The van der Waals surface area contributed by atoms with Gasteiger partial charge in [-0.25, -0.2) is 4.98 Å². The molecular weight excluding hydrogens is 294 g/mol. The smallest absolute Gasteiger partial charge is 0.249 e. The van der Waals surface area contributed by atoms with Crippen molar-refractivity contribution in [3.05, 3.63) is 70.5 Å². The summed E-state index contributed by atoms with van der Waals surface area (Å²) in [6.45, 7) is 0.621. The predicted molar refractivity (Wildman–Crippen MR) is 89.8 cm³/mol. The third-order valence-electron chi connectivity index (χ3n) is 3.25. The van der Waals surface area contributed by atoms with Gasteiger partial charge in [0.05, 0.1) is 12.1 Å². The molecule has 22 heavy (non-hydrogen) atoms. The summed E-state index contributed by atoms with van der Waals surface area (Å²) in [6.07, 6.45) is 1.85. The van der Waals surface area contributed by atoms with Gasteiger partial charge >= 0.3 is 0 Å². The van der Waals surface area contributed by atoms with Crippen LogP contribution in [0.25, 0.3) is 11.1 Å². The number of hydrogen-bond donors (Lipinski definition) is 2. The lowest BCUT2D eigenvalue weighted by Gasteiger charge is -2.05. The summed E-state index contributed by atoms with van der Waals surface area (Å²) in [5, 5.41) is 5.01. The molecule has 2 aromatic heterocycles. The molecule has 2 heterocycles. The fraction of sp³-hybridized carbons (Fsp3) is 0.0588. The molecule has 3 N–H and O–H groups in total. The maximum absolute atomic E-state index is 11.1. The molecule has 0 aliphatic carbocycles. The van der Waals surface area contributed by atoms with E-state index in [4.69, 9.17) is 5.73 Å². The highest BCUT2D eigenvalue weighted by Gasteiger charge is 2.05. The molecule has 0 aliphatic rings. The molecule has 0 saturated carbocycles. The highest BCUT2D eigenvalue weighted by atomic mass is 32.1. The first kappa shape index (κ1) is 14.3. The summed E-state index contributed by atoms with van der Waals surface area (Å²) in [4.78, 5) is 16.5. The van der Waals surface area contributed by atoms with Crippen molar-refractivity contribution in [3.63, 3.8) is 0 Å². The van der Waals surface area contributed by atoms with Gasteiger partial charge in [-0.2, -0.15) is 0 Å². The second-order valence-corrected chi connectivity index (χ2v) is 5.81. The predicted octanol–water partition coefficient (Wildman–Crippen LogP) is 3.52. The van der Waals surface area contributed by atoms with Gasteiger partial charge in [-0.15, -0.1) is 11.3 Å². The number of rotatable bonds is 5. The lowest BCUT2D eigenvalue weighted by molar-refractivity contribution is 0.100. The summed E-state index contributed by atoms with van der Waals surface area (Å²) < 4.78 is 0. The van der Waals surface area contributed by atoms with E-state index in [1.807, 2.05) is 36.5 Å². The number of nitrogens with zero attached hydrogens (tertiary/aromatic N) is 1. The number of amides is 1. The van der Waals surface area contributed by atoms with Crippen LogP contribution in [-0.4, -0.2) is 10.9 Å². The monoisotopic (exact) mass is 309 g/mol. The molecule has 110 valence electrons. The van der Waals surface area contributed by atoms with Gasteiger partial charge in [-0.1, -0.05) is 30.3 Å². The first-order valence-electron chi connectivity index (χ1n) is 6.85. The van der Waals surface area contributed by atoms with Crippen LogP contribution in [0, 0.1) is 0 Å². The Bertz CT molecular complexity index is 766. The van der Waals surface area contributed by atoms with Crippen LogP contribution in [0.1, 0.15) is 15.2 Å². The van der Waals surface area contributed by atoms with Crippen molar-refractivity contribution >= 4 is 23.1 Å². The number of aromatic nitrogens is 1. The Hall–Kier alpha value is -2.66. The van der Waals surface area contributed by atoms with E-state index in [0.29, 0.717) is 12.1 Å². The number of carbonyl (C=O) groups excluding carboxylic acids is 1. The van der Waals surface area contributed by atoms with Crippen LogP contribution in [0.5, 0.6) is 0 Å². The zero-order chi connectivity index (χ0) is 15.4. The number of nitrogens with two attached hydrogens (primary N) is 1. The molecule has 1 aromatic carbocycles. The van der Waals surface area contributed by atoms with Crippen molar-refractivity contribution < 1.29 is 4.79 Å². The number of nitrogens with one attached hydrogen (secondary N) is 1. The van der Waals surface area contributed by atoms with Gasteiger partial charge in [0.15, 0.2) is 0 Å². The number of anilines is 1. The van der Waals surface area contributed by atoms with Gasteiger partial charge < -0.3 is 11.1 Å². The molecule has 4 nitrogen and oxygen atoms in total. The standard InChI is InChI=1S/C17H15N3OS/c18-17(21)14-8-15(22-11-14)10-20-16-7-6-13(9-19-16)12-4-2-1-3-5-12/h1-9,11H,10H2,(H2,18,21)(H,19,20). The van der Waals surface area contributed by atoms with Crippen molar-refractivity contribution in [2.45, 2.75) is 6.54 Å². The van der Waals surface area contributed by atoms with Gasteiger partial charge in [-0.3, -0.25) is 4.79 Å². The first-order valence-corrected chi connectivity index (χ1v) is 7.73. The topological polar surface area (TPSA) is 68.0 Å². The molecule has 3 aromatic rings. The van der Waals surface area contributed by atoms with E-state index in [2.05, 4.69) is 22.4 Å². The quantitative estimate of drug-likeness (QED) is 0.757. The van der Waals surface area contributed by atoms with E-state index in [-0.39, 0.29) is 0 Å². The molecule has 5 heteroatoms. The normalized spacial score (nSPS) is 10.4. The van der Waals surface area contributed by atoms with E-state index in [1.165, 1.54) is 11.3 Å². The summed E-state index contributed by atoms with van der Waals surface area (Å²) >= 11 is 1.51. The minimum atomic E-state index is -0.396. The van der Waals surface area contributed by atoms with Gasteiger partial charge in [0, 0.05) is 22.0 Å². The van der Waals surface area contributed by atoms with E-state index in [9.17, 15) is 4.79 Å². The molecule has 0 atom stereocenters. The summed E-state index contributed by atoms with van der Waals surface area (Å²) in [7, 11) is 0. The molecule has 0 radical (unpaired) electrons. The molecule has 0 spiro atoms. The van der Waals surface area contributed by atoms with Crippen molar-refractivity contribution in [2.24, 2.45) is 5.73 Å². The number of pyridine rings is 1. The average Bonchev–Trinajstić information content (AvgIpc) is 3.04. The maximum Gasteiger partial charge on any atom is 0.249 e. The second kappa shape index (κ2) is 6.41. The van der Waals surface area contributed by atoms with Crippen LogP contribution in [0.15, 0.2) is 60.1 Å². The van der Waals surface area contributed by atoms with E-state index in [0.717, 1.165) is 21.8 Å². The molecule has 0 aliphatic heterocycles. The Balaban J connectivity index is 1.65. The highest BCUT2D eigenvalue weighted by Crippen LogP contribution is 2.20. The third kappa shape index (κ3) is 3.32. The molecule has 0 bridgehead atoms. The van der Waals surface area contributed by atoms with Gasteiger partial charge in [-0.05, 0) is 23.8 Å². The van der Waals surface area contributed by atoms with E-state index in [1.54, 1.807) is 11.4 Å². The van der Waals surface area contributed by atoms with Crippen LogP contribution in [0.3, 0.4) is 0 Å². The largest absolute Gasteiger partial charge is 0.366 e. The number of primary amides is 1. The fourth-order valence-corrected chi connectivity index (χ4v) is 2.89. The van der Waals surface area contributed by atoms with Crippen molar-refractivity contribution in [1.29, 1.82) is 0 Å². The zero-order valence-electron chi connectivity index (χ0n) is 11.8. The maximum atomic E-state index is 11.1. The van der Waals surface area contributed by atoms with Gasteiger partial charge in [0.1, 0.15) is 5.82 Å². The Morgan fingerprint density at radius 2 is 1.95 bits per heavy atom. The number of hydrogen-bond acceptors (Lipinski definition) is 4. The van der Waals surface area contributed by atoms with Crippen LogP contribution in [0.2, 0.25) is 0 Å². The average molecular weight is 309 g/mol. The van der Waals surface area contributed by atoms with Crippen LogP contribution >= 0.6 is 11.3 Å². The molecule has 3 rings (SSSR count). The second-order valence-electron chi connectivity index (χ2n) is 4.82. The van der Waals surface area contributed by atoms with Crippen LogP contribution in [-0.2, 0) is 6.54 Å². The zero-order valence-corrected chi connectivity index (χ0v) is 12.6. The number of carbonyl (C=O) groups is 1. The highest BCUT2D eigenvalue weighted by molar-refractivity contribution is 7.10. The lowest BCUT2D eigenvalue weighted by Crippen LogP contribution is -2.09. The van der Waals surface area contributed by atoms with E-state index < -0.39 is 5.91 Å². The van der Waals surface area contributed by atoms with Gasteiger partial charge in [0.25, 0.3) is 0 Å². The minimum Gasteiger partial charge on any atom is -0.366 e. The van der Waals surface area contributed by atoms with Crippen molar-refractivity contribution in [3.8, 4) is 11.1 Å². The molecule has 0 saturated heterocycles. The Morgan fingerprint density at radius 3 is 2.59 bits per heavy atom. The molecule has 0 fully saturated rings. The van der Waals surface area contributed by atoms with Gasteiger partial charge in [0.2, 0.25) is 5.91 Å². The van der Waals surface area contributed by atoms with Crippen LogP contribution in [0.4, 0.5) is 5.82 Å². The third-order valence-corrected chi connectivity index (χ3v) is 4.19. The van der Waals surface area contributed by atoms with Crippen LogP contribution < -0.4 is 11.1 Å². The first-order chi connectivity index (χ1) is 10.7. The Kier molecular flexibility index (Phi) is 4.16. The fourth-order valence-electron chi connectivity index (χ4n) is 2.08. The molecule has 1 amide bonds. The minimum absolute atomic E-state index is 0.396. The number of benzene rings is 1. The summed E-state index contributed by atoms with van der Waals surface area (Å²) in [6, 6.07) is 15.9. The summed E-state index contributed by atoms with van der Waals surface area (Å²) in [5.41, 5.74) is 8.02. The lowest BCUT2D eigenvalue weighted by atomic mass is 10.1. The van der Waals surface area contributed by atoms with Crippen molar-refractivity contribution in [1.82, 2.24) is 4.98 Å². The Labute approximate surface area is 132 Å². The SMILES string of the molecule is NC(=O)c1csc(CNc2ccc(-c3ccccc3)cn2)c1. The van der Waals surface area contributed by atoms with Crippen molar-refractivity contribution in [2.75, 3.05) is 5.32 Å². The Morgan fingerprint density at radius 1 is 1.14 bits per heavy atom. The number of thiophene rings is 1. The molecule has 0 unspecified atom stereocenters.